The summed E-state index contributed by atoms with van der Waals surface area (Å²) in [5.74, 6) is 0.769. The molecule has 0 aromatic carbocycles. The Balaban J connectivity index is 1.26. The summed E-state index contributed by atoms with van der Waals surface area (Å²) >= 11 is 0. The van der Waals surface area contributed by atoms with Gasteiger partial charge in [0.05, 0.1) is 53.5 Å². The number of imidazole rings is 1. The molecule has 1 amide bonds. The zero-order chi connectivity index (χ0) is 24.1. The Labute approximate surface area is 204 Å². The van der Waals surface area contributed by atoms with Crippen LogP contribution in [0.15, 0.2) is 66.1 Å². The number of rotatable bonds is 5. The lowest BCUT2D eigenvalue weighted by atomic mass is 9.85. The summed E-state index contributed by atoms with van der Waals surface area (Å²) in [7, 11) is 0. The number of carbonyl (C=O) groups excluding carboxylic acids is 1. The molecule has 1 aliphatic rings. The van der Waals surface area contributed by atoms with Crippen LogP contribution < -0.4 is 5.32 Å². The molecule has 10 nitrogen and oxygen atoms in total. The average molecular weight is 477 g/mol. The first-order chi connectivity index (χ1) is 17.7. The normalized spacial score (nSPS) is 13.8. The summed E-state index contributed by atoms with van der Waals surface area (Å²) in [6.45, 7) is 0. The molecular weight excluding hydrogens is 456 g/mol. The quantitative estimate of drug-likeness (QED) is 0.320. The molecular formula is C26H20N8O2. The summed E-state index contributed by atoms with van der Waals surface area (Å²) in [6, 6.07) is 5.72. The Morgan fingerprint density at radius 3 is 2.78 bits per heavy atom. The van der Waals surface area contributed by atoms with Gasteiger partial charge < -0.3 is 14.7 Å². The van der Waals surface area contributed by atoms with E-state index in [1.165, 1.54) is 0 Å². The predicted molar refractivity (Wildman–Crippen MR) is 134 cm³/mol. The number of amides is 1. The van der Waals surface area contributed by atoms with Gasteiger partial charge >= 0.3 is 0 Å². The SMILES string of the molecule is O=C(Nc1cncc(-c2cc3c(-c4nc5c(-c6ccoc6)cncc5[nH]4)n[nH]c3cn2)c1)C1CCC1. The van der Waals surface area contributed by atoms with Crippen LogP contribution in [0.1, 0.15) is 19.3 Å². The molecule has 6 aromatic heterocycles. The van der Waals surface area contributed by atoms with Gasteiger partial charge in [-0.05, 0) is 31.0 Å². The molecule has 0 radical (unpaired) electrons. The number of H-pyrrole nitrogens is 2. The zero-order valence-corrected chi connectivity index (χ0v) is 19.0. The number of nitrogens with one attached hydrogen (secondary N) is 3. The second-order valence-corrected chi connectivity index (χ2v) is 8.95. The Kier molecular flexibility index (Phi) is 4.63. The van der Waals surface area contributed by atoms with Crippen molar-refractivity contribution in [1.82, 2.24) is 35.1 Å². The van der Waals surface area contributed by atoms with Crippen LogP contribution in [0.3, 0.4) is 0 Å². The molecule has 1 saturated carbocycles. The Hall–Kier alpha value is -4.86. The minimum atomic E-state index is 0.0508. The van der Waals surface area contributed by atoms with Crippen LogP contribution in [-0.4, -0.2) is 41.0 Å². The third-order valence-electron chi connectivity index (χ3n) is 6.68. The standard InChI is InChI=1S/C26H20N8O2/c35-26(14-2-1-3-14)30-17-6-16(8-27-9-17)20-7-18-21(12-29-20)33-34-24(18)25-31-22-11-28-10-19(23(22)32-25)15-4-5-36-13-15/h4-14H,1-3H2,(H,30,35)(H,31,32)(H,33,34). The van der Waals surface area contributed by atoms with Gasteiger partial charge in [0.15, 0.2) is 5.82 Å². The molecule has 6 heterocycles. The molecule has 3 N–H and O–H groups in total. The van der Waals surface area contributed by atoms with E-state index in [2.05, 4.69) is 35.5 Å². The lowest BCUT2D eigenvalue weighted by molar-refractivity contribution is -0.122. The van der Waals surface area contributed by atoms with Gasteiger partial charge in [0.25, 0.3) is 0 Å². The number of pyridine rings is 3. The second kappa shape index (κ2) is 8.12. The fourth-order valence-corrected chi connectivity index (χ4v) is 4.49. The smallest absolute Gasteiger partial charge is 0.227 e. The molecule has 0 spiro atoms. The number of fused-ring (bicyclic) bond motifs is 2. The van der Waals surface area contributed by atoms with E-state index in [-0.39, 0.29) is 11.8 Å². The molecule has 7 rings (SSSR count). The van der Waals surface area contributed by atoms with E-state index in [1.807, 2.05) is 18.2 Å². The van der Waals surface area contributed by atoms with Crippen LogP contribution in [0.4, 0.5) is 5.69 Å². The molecule has 1 aliphatic carbocycles. The highest BCUT2D eigenvalue weighted by atomic mass is 16.3. The van der Waals surface area contributed by atoms with Gasteiger partial charge in [0.2, 0.25) is 5.91 Å². The number of nitrogens with zero attached hydrogens (tertiary/aromatic N) is 5. The zero-order valence-electron chi connectivity index (χ0n) is 19.0. The fourth-order valence-electron chi connectivity index (χ4n) is 4.49. The number of carbonyl (C=O) groups is 1. The highest BCUT2D eigenvalue weighted by molar-refractivity contribution is 5.97. The molecule has 0 unspecified atom stereocenters. The molecule has 0 atom stereocenters. The van der Waals surface area contributed by atoms with Crippen LogP contribution in [0.2, 0.25) is 0 Å². The largest absolute Gasteiger partial charge is 0.472 e. The van der Waals surface area contributed by atoms with Crippen LogP contribution in [0.25, 0.3) is 55.8 Å². The average Bonchev–Trinajstić information content (AvgIpc) is 3.61. The molecule has 176 valence electrons. The summed E-state index contributed by atoms with van der Waals surface area (Å²) in [5.41, 5.74) is 6.99. The van der Waals surface area contributed by atoms with Crippen LogP contribution in [0, 0.1) is 5.92 Å². The van der Waals surface area contributed by atoms with Crippen molar-refractivity contribution in [1.29, 1.82) is 0 Å². The minimum Gasteiger partial charge on any atom is -0.472 e. The van der Waals surface area contributed by atoms with E-state index in [1.54, 1.807) is 43.5 Å². The van der Waals surface area contributed by atoms with E-state index in [4.69, 9.17) is 9.40 Å². The molecule has 36 heavy (non-hydrogen) atoms. The highest BCUT2D eigenvalue weighted by Gasteiger charge is 2.25. The van der Waals surface area contributed by atoms with Gasteiger partial charge in [0.1, 0.15) is 11.2 Å². The third kappa shape index (κ3) is 3.42. The van der Waals surface area contributed by atoms with Gasteiger partial charge in [-0.1, -0.05) is 6.42 Å². The molecule has 0 saturated heterocycles. The van der Waals surface area contributed by atoms with Gasteiger partial charge in [0, 0.05) is 40.4 Å². The molecule has 10 heteroatoms. The second-order valence-electron chi connectivity index (χ2n) is 8.95. The molecule has 1 fully saturated rings. The number of aromatic amines is 2. The van der Waals surface area contributed by atoms with Gasteiger partial charge in [-0.25, -0.2) is 4.98 Å². The maximum Gasteiger partial charge on any atom is 0.227 e. The fraction of sp³-hybridized carbons (Fsp3) is 0.154. The van der Waals surface area contributed by atoms with Crippen molar-refractivity contribution in [3.8, 4) is 33.9 Å². The van der Waals surface area contributed by atoms with E-state index < -0.39 is 0 Å². The van der Waals surface area contributed by atoms with Crippen molar-refractivity contribution < 1.29 is 9.21 Å². The first-order valence-electron chi connectivity index (χ1n) is 11.7. The van der Waals surface area contributed by atoms with Crippen LogP contribution in [0.5, 0.6) is 0 Å². The van der Waals surface area contributed by atoms with Crippen molar-refractivity contribution in [2.24, 2.45) is 5.92 Å². The van der Waals surface area contributed by atoms with E-state index in [0.717, 1.165) is 57.9 Å². The Bertz CT molecular complexity index is 1730. The van der Waals surface area contributed by atoms with E-state index >= 15 is 0 Å². The lowest BCUT2D eigenvalue weighted by Crippen LogP contribution is -2.28. The Morgan fingerprint density at radius 2 is 1.94 bits per heavy atom. The first-order valence-corrected chi connectivity index (χ1v) is 11.7. The third-order valence-corrected chi connectivity index (χ3v) is 6.68. The van der Waals surface area contributed by atoms with Crippen LogP contribution >= 0.6 is 0 Å². The van der Waals surface area contributed by atoms with Gasteiger partial charge in [-0.15, -0.1) is 0 Å². The molecule has 0 bridgehead atoms. The monoisotopic (exact) mass is 476 g/mol. The van der Waals surface area contributed by atoms with Crippen molar-refractivity contribution in [3.63, 3.8) is 0 Å². The summed E-state index contributed by atoms with van der Waals surface area (Å²) in [5, 5.41) is 11.4. The number of anilines is 1. The first kappa shape index (κ1) is 20.5. The van der Waals surface area contributed by atoms with Crippen LogP contribution in [-0.2, 0) is 4.79 Å². The Morgan fingerprint density at radius 1 is 1.03 bits per heavy atom. The summed E-state index contributed by atoms with van der Waals surface area (Å²) < 4.78 is 5.24. The number of furan rings is 1. The van der Waals surface area contributed by atoms with Crippen molar-refractivity contribution in [3.05, 3.63) is 61.7 Å². The van der Waals surface area contributed by atoms with Crippen molar-refractivity contribution >= 4 is 33.5 Å². The highest BCUT2D eigenvalue weighted by Crippen LogP contribution is 2.33. The predicted octanol–water partition coefficient (Wildman–Crippen LogP) is 4.96. The minimum absolute atomic E-state index is 0.0508. The van der Waals surface area contributed by atoms with E-state index in [0.29, 0.717) is 22.9 Å². The van der Waals surface area contributed by atoms with Gasteiger partial charge in [-0.2, -0.15) is 5.10 Å². The molecule has 0 aliphatic heterocycles. The van der Waals surface area contributed by atoms with Gasteiger partial charge in [-0.3, -0.25) is 24.8 Å². The number of hydrogen-bond donors (Lipinski definition) is 3. The number of hydrogen-bond acceptors (Lipinski definition) is 7. The molecule has 6 aromatic rings. The number of aromatic nitrogens is 7. The topological polar surface area (TPSA) is 138 Å². The van der Waals surface area contributed by atoms with Crippen molar-refractivity contribution in [2.75, 3.05) is 5.32 Å². The summed E-state index contributed by atoms with van der Waals surface area (Å²) in [4.78, 5) is 33.8. The van der Waals surface area contributed by atoms with E-state index in [9.17, 15) is 4.79 Å². The lowest BCUT2D eigenvalue weighted by Gasteiger charge is -2.24. The maximum absolute atomic E-state index is 12.4. The maximum atomic E-state index is 12.4. The van der Waals surface area contributed by atoms with Crippen molar-refractivity contribution in [2.45, 2.75) is 19.3 Å². The summed E-state index contributed by atoms with van der Waals surface area (Å²) in [6.07, 6.45) is 14.9.